The van der Waals surface area contributed by atoms with E-state index >= 15 is 0 Å². The van der Waals surface area contributed by atoms with Gasteiger partial charge in [0.2, 0.25) is 10.9 Å². The lowest BCUT2D eigenvalue weighted by molar-refractivity contribution is -0.176. The molecule has 1 heterocycles. The number of hydrogen-bond donors (Lipinski definition) is 2. The minimum Gasteiger partial charge on any atom is -0.457 e. The number of esters is 2. The second-order valence-electron chi connectivity index (χ2n) is 14.0. The number of carbonyl (C=O) groups excluding carboxylic acids is 4. The Hall–Kier alpha value is -3.13. The number of aliphatic hydroxyl groups is 2. The average Bonchev–Trinajstić information content (AvgIpc) is 3.56. The van der Waals surface area contributed by atoms with E-state index in [1.807, 2.05) is 19.9 Å². The standard InChI is InChI=1S/C35H42O9S/c1-21-17-25-24-11-10-22-18-23(36)12-13-33(22,4)29(24)26(37)19-34(25,5)35(21,44-30(39)27-9-8-15-42-27)31(40)45-16-7-6-14-43-28(38)20-32(2,3)41/h8-9,12-13,15,18,21,24-26,29,37,41H,10-11,14,16-17,19-20H2,1-5H3/t21-,24?,25?,26?,29?,33+,34+,35+/m1/s1. The lowest BCUT2D eigenvalue weighted by Crippen LogP contribution is -2.63. The first kappa shape index (κ1) is 33.2. The van der Waals surface area contributed by atoms with Crippen molar-refractivity contribution in [2.75, 3.05) is 12.4 Å². The molecule has 0 aromatic carbocycles. The Labute approximate surface area is 268 Å². The van der Waals surface area contributed by atoms with Gasteiger partial charge in [-0.3, -0.25) is 14.4 Å². The molecule has 1 aromatic heterocycles. The molecule has 45 heavy (non-hydrogen) atoms. The summed E-state index contributed by atoms with van der Waals surface area (Å²) >= 11 is 0.947. The molecule has 2 N–H and O–H groups in total. The van der Waals surface area contributed by atoms with Gasteiger partial charge in [-0.25, -0.2) is 4.79 Å². The Morgan fingerprint density at radius 3 is 2.67 bits per heavy atom. The molecule has 3 saturated carbocycles. The zero-order chi connectivity index (χ0) is 32.8. The fourth-order valence-corrected chi connectivity index (χ4v) is 9.76. The van der Waals surface area contributed by atoms with Crippen molar-refractivity contribution in [3.05, 3.63) is 48.0 Å². The highest BCUT2D eigenvalue weighted by molar-refractivity contribution is 8.14. The number of ether oxygens (including phenoxy) is 2. The SMILES string of the molecule is C[C@@H]1CC2C3CCC4=CC(=O)C=C[C@]4(C)C3C(O)C[C@]2(C)[C@@]1(OC(=O)c1ccco1)C(=O)SCC#CCOC(=O)CC(C)(C)O. The summed E-state index contributed by atoms with van der Waals surface area (Å²) in [5, 5.41) is 21.3. The van der Waals surface area contributed by atoms with Crippen LogP contribution >= 0.6 is 11.8 Å². The van der Waals surface area contributed by atoms with Gasteiger partial charge in [0, 0.05) is 22.7 Å². The molecule has 0 aliphatic heterocycles. The van der Waals surface area contributed by atoms with E-state index in [1.165, 1.54) is 26.2 Å². The number of rotatable bonds is 7. The van der Waals surface area contributed by atoms with Gasteiger partial charge in [-0.2, -0.15) is 0 Å². The first-order valence-corrected chi connectivity index (χ1v) is 16.5. The molecule has 10 heteroatoms. The van der Waals surface area contributed by atoms with Gasteiger partial charge >= 0.3 is 11.9 Å². The minimum absolute atomic E-state index is 0.00899. The van der Waals surface area contributed by atoms with Crippen molar-refractivity contribution in [2.45, 2.75) is 84.0 Å². The van der Waals surface area contributed by atoms with Gasteiger partial charge in [0.05, 0.1) is 30.1 Å². The van der Waals surface area contributed by atoms with Crippen molar-refractivity contribution in [3.8, 4) is 11.8 Å². The Balaban J connectivity index is 1.41. The van der Waals surface area contributed by atoms with Crippen LogP contribution < -0.4 is 0 Å². The molecule has 0 radical (unpaired) electrons. The predicted octanol–water partition coefficient (Wildman–Crippen LogP) is 4.67. The molecule has 4 unspecified atom stereocenters. The molecular weight excluding hydrogens is 596 g/mol. The molecule has 5 rings (SSSR count). The number of allylic oxidation sites excluding steroid dienone is 4. The quantitative estimate of drug-likeness (QED) is 0.320. The maximum atomic E-state index is 14.4. The van der Waals surface area contributed by atoms with E-state index in [1.54, 1.807) is 18.2 Å². The first-order valence-electron chi connectivity index (χ1n) is 15.5. The highest BCUT2D eigenvalue weighted by Crippen LogP contribution is 2.69. The minimum atomic E-state index is -1.56. The molecule has 0 amide bonds. The lowest BCUT2D eigenvalue weighted by Gasteiger charge is -2.59. The van der Waals surface area contributed by atoms with Gasteiger partial charge in [0.1, 0.15) is 0 Å². The fraction of sp³-hybridized carbons (Fsp3) is 0.600. The summed E-state index contributed by atoms with van der Waals surface area (Å²) in [7, 11) is 0. The Bertz CT molecular complexity index is 1470. The van der Waals surface area contributed by atoms with E-state index in [0.29, 0.717) is 6.42 Å². The van der Waals surface area contributed by atoms with E-state index in [-0.39, 0.29) is 65.5 Å². The summed E-state index contributed by atoms with van der Waals surface area (Å²) in [6.45, 7) is 8.83. The number of thioether (sulfide) groups is 1. The van der Waals surface area contributed by atoms with Crippen molar-refractivity contribution in [1.82, 2.24) is 0 Å². The van der Waals surface area contributed by atoms with Crippen molar-refractivity contribution in [1.29, 1.82) is 0 Å². The molecule has 0 spiro atoms. The van der Waals surface area contributed by atoms with Gasteiger partial charge in [0.25, 0.3) is 0 Å². The lowest BCUT2D eigenvalue weighted by atomic mass is 9.46. The van der Waals surface area contributed by atoms with Crippen LogP contribution in [0.4, 0.5) is 0 Å². The monoisotopic (exact) mass is 638 g/mol. The third-order valence-electron chi connectivity index (χ3n) is 10.6. The molecule has 0 bridgehead atoms. The Morgan fingerprint density at radius 1 is 1.22 bits per heavy atom. The van der Waals surface area contributed by atoms with Crippen LogP contribution in [0.1, 0.15) is 77.3 Å². The Kier molecular flexibility index (Phi) is 9.04. The van der Waals surface area contributed by atoms with Gasteiger partial charge in [-0.1, -0.05) is 56.0 Å². The molecule has 1 aromatic rings. The molecule has 9 nitrogen and oxygen atoms in total. The molecule has 3 fully saturated rings. The zero-order valence-corrected chi connectivity index (χ0v) is 27.3. The topological polar surface area (TPSA) is 140 Å². The van der Waals surface area contributed by atoms with Gasteiger partial charge in [0.15, 0.2) is 18.0 Å². The largest absolute Gasteiger partial charge is 0.457 e. The van der Waals surface area contributed by atoms with Crippen molar-refractivity contribution in [3.63, 3.8) is 0 Å². The van der Waals surface area contributed by atoms with Crippen molar-refractivity contribution >= 4 is 34.6 Å². The smallest absolute Gasteiger partial charge is 0.375 e. The molecule has 8 atom stereocenters. The number of fused-ring (bicyclic) bond motifs is 5. The second kappa shape index (κ2) is 12.2. The van der Waals surface area contributed by atoms with Crippen LogP contribution in [-0.2, 0) is 23.9 Å². The number of aliphatic hydroxyl groups excluding tert-OH is 1. The van der Waals surface area contributed by atoms with E-state index in [4.69, 9.17) is 13.9 Å². The van der Waals surface area contributed by atoms with Gasteiger partial charge in [-0.05, 0) is 75.7 Å². The number of furan rings is 1. The van der Waals surface area contributed by atoms with E-state index in [2.05, 4.69) is 18.8 Å². The number of hydrogen-bond acceptors (Lipinski definition) is 10. The highest BCUT2D eigenvalue weighted by atomic mass is 32.2. The van der Waals surface area contributed by atoms with Crippen LogP contribution in [0.25, 0.3) is 0 Å². The normalized spacial score (nSPS) is 35.2. The molecular formula is C35H42O9S. The highest BCUT2D eigenvalue weighted by Gasteiger charge is 2.73. The fourth-order valence-electron chi connectivity index (χ4n) is 8.76. The predicted molar refractivity (Wildman–Crippen MR) is 167 cm³/mol. The first-order chi connectivity index (χ1) is 21.1. The third-order valence-corrected chi connectivity index (χ3v) is 11.5. The summed E-state index contributed by atoms with van der Waals surface area (Å²) in [5.41, 5.74) is -3.06. The number of carbonyl (C=O) groups is 4. The molecule has 0 saturated heterocycles. The van der Waals surface area contributed by atoms with E-state index < -0.39 is 40.1 Å². The number of ketones is 1. The van der Waals surface area contributed by atoms with Crippen molar-refractivity contribution < 1.29 is 43.3 Å². The van der Waals surface area contributed by atoms with Crippen LogP contribution in [0.15, 0.2) is 46.6 Å². The molecule has 4 aliphatic carbocycles. The van der Waals surface area contributed by atoms with E-state index in [0.717, 1.165) is 30.2 Å². The zero-order valence-electron chi connectivity index (χ0n) is 26.5. The molecule has 242 valence electrons. The summed E-state index contributed by atoms with van der Waals surface area (Å²) in [5.74, 6) is 3.82. The van der Waals surface area contributed by atoms with E-state index in [9.17, 15) is 29.4 Å². The summed E-state index contributed by atoms with van der Waals surface area (Å²) in [4.78, 5) is 51.9. The molecule has 4 aliphatic rings. The van der Waals surface area contributed by atoms with Gasteiger partial charge < -0.3 is 24.1 Å². The Morgan fingerprint density at radius 2 is 1.98 bits per heavy atom. The van der Waals surface area contributed by atoms with Crippen molar-refractivity contribution in [2.24, 2.45) is 34.5 Å². The second-order valence-corrected chi connectivity index (χ2v) is 15.0. The summed E-state index contributed by atoms with van der Waals surface area (Å²) < 4.78 is 16.7. The van der Waals surface area contributed by atoms with Crippen LogP contribution in [0, 0.1) is 46.3 Å². The summed E-state index contributed by atoms with van der Waals surface area (Å²) in [6, 6.07) is 3.08. The van der Waals surface area contributed by atoms with Gasteiger partial charge in [-0.15, -0.1) is 0 Å². The third kappa shape index (κ3) is 5.95. The summed E-state index contributed by atoms with van der Waals surface area (Å²) in [6.07, 6.45) is 8.01. The average molecular weight is 639 g/mol. The maximum absolute atomic E-state index is 14.4. The maximum Gasteiger partial charge on any atom is 0.375 e. The van der Waals surface area contributed by atoms with Crippen LogP contribution in [-0.4, -0.2) is 62.7 Å². The van der Waals surface area contributed by atoms with Crippen LogP contribution in [0.3, 0.4) is 0 Å². The van der Waals surface area contributed by atoms with Crippen LogP contribution in [0.2, 0.25) is 0 Å². The van der Waals surface area contributed by atoms with Crippen LogP contribution in [0.5, 0.6) is 0 Å².